The van der Waals surface area contributed by atoms with Crippen molar-refractivity contribution < 1.29 is 0 Å². The lowest BCUT2D eigenvalue weighted by Gasteiger charge is -2.27. The summed E-state index contributed by atoms with van der Waals surface area (Å²) < 4.78 is 1.10. The number of fused-ring (bicyclic) bond motifs is 1. The number of hydrogen-bond acceptors (Lipinski definition) is 4. The second kappa shape index (κ2) is 3.93. The van der Waals surface area contributed by atoms with Crippen LogP contribution in [-0.2, 0) is 0 Å². The van der Waals surface area contributed by atoms with Crippen LogP contribution in [0.1, 0.15) is 27.2 Å². The molecule has 1 aromatic heterocycles. The van der Waals surface area contributed by atoms with E-state index in [1.54, 1.807) is 11.3 Å². The van der Waals surface area contributed by atoms with Crippen molar-refractivity contribution in [3.05, 3.63) is 23.2 Å². The minimum Gasteiger partial charge on any atom is -0.233 e. The van der Waals surface area contributed by atoms with Crippen molar-refractivity contribution in [1.82, 2.24) is 4.98 Å². The van der Waals surface area contributed by atoms with Crippen molar-refractivity contribution in [3.63, 3.8) is 0 Å². The van der Waals surface area contributed by atoms with Crippen molar-refractivity contribution in [3.8, 4) is 0 Å². The van der Waals surface area contributed by atoms with Gasteiger partial charge in [-0.25, -0.2) is 9.99 Å². The summed E-state index contributed by atoms with van der Waals surface area (Å²) in [7, 11) is 0. The third-order valence-electron chi connectivity index (χ3n) is 3.05. The van der Waals surface area contributed by atoms with Gasteiger partial charge in [0.2, 0.25) is 5.13 Å². The van der Waals surface area contributed by atoms with Crippen LogP contribution in [0, 0.1) is 0 Å². The van der Waals surface area contributed by atoms with Gasteiger partial charge in [0, 0.05) is 17.2 Å². The second-order valence-corrected chi connectivity index (χ2v) is 6.69. The zero-order valence-corrected chi connectivity index (χ0v) is 12.1. The van der Waals surface area contributed by atoms with E-state index in [1.165, 1.54) is 0 Å². The largest absolute Gasteiger partial charge is 0.233 e. The summed E-state index contributed by atoms with van der Waals surface area (Å²) >= 11 is 7.64. The first kappa shape index (κ1) is 11.9. The Hall–Kier alpha value is -1.13. The molecule has 3 rings (SSSR count). The maximum absolute atomic E-state index is 6.00. The maximum Gasteiger partial charge on any atom is 0.207 e. The number of rotatable bonds is 1. The van der Waals surface area contributed by atoms with E-state index < -0.39 is 0 Å². The monoisotopic (exact) mass is 279 g/mol. The van der Waals surface area contributed by atoms with Crippen LogP contribution in [-0.4, -0.2) is 16.2 Å². The summed E-state index contributed by atoms with van der Waals surface area (Å²) in [6.07, 6.45) is 0.976. The highest BCUT2D eigenvalue weighted by atomic mass is 35.5. The van der Waals surface area contributed by atoms with Crippen molar-refractivity contribution in [2.45, 2.75) is 32.7 Å². The molecule has 1 aliphatic heterocycles. The SMILES string of the molecule is CC1=NN(c2nc3ccc(Cl)cc3s2)C(C)(C)C1. The molecule has 0 aliphatic carbocycles. The number of hydrogen-bond donors (Lipinski definition) is 0. The molecule has 0 fully saturated rings. The number of halogens is 1. The lowest BCUT2D eigenvalue weighted by molar-refractivity contribution is 0.515. The van der Waals surface area contributed by atoms with E-state index in [9.17, 15) is 0 Å². The first-order valence-electron chi connectivity index (χ1n) is 5.86. The zero-order valence-electron chi connectivity index (χ0n) is 10.6. The molecule has 5 heteroatoms. The molecule has 0 N–H and O–H groups in total. The van der Waals surface area contributed by atoms with Gasteiger partial charge < -0.3 is 0 Å². The average Bonchev–Trinajstić information content (AvgIpc) is 2.77. The fourth-order valence-corrected chi connectivity index (χ4v) is 3.68. The Morgan fingerprint density at radius 3 is 2.83 bits per heavy atom. The van der Waals surface area contributed by atoms with Crippen molar-refractivity contribution in [1.29, 1.82) is 0 Å². The molecule has 0 spiro atoms. The summed E-state index contributed by atoms with van der Waals surface area (Å²) in [5.41, 5.74) is 2.13. The van der Waals surface area contributed by atoms with Gasteiger partial charge in [-0.15, -0.1) is 0 Å². The van der Waals surface area contributed by atoms with E-state index >= 15 is 0 Å². The lowest BCUT2D eigenvalue weighted by atomic mass is 10.00. The molecule has 0 amide bonds. The standard InChI is InChI=1S/C13H14ClN3S/c1-8-7-13(2,3)17(16-8)12-15-10-5-4-9(14)6-11(10)18-12/h4-6H,7H2,1-3H3. The molecule has 0 unspecified atom stereocenters. The highest BCUT2D eigenvalue weighted by molar-refractivity contribution is 7.22. The van der Waals surface area contributed by atoms with Crippen LogP contribution in [0.3, 0.4) is 0 Å². The number of benzene rings is 1. The molecule has 0 saturated heterocycles. The highest BCUT2D eigenvalue weighted by Crippen LogP contribution is 2.37. The molecule has 3 nitrogen and oxygen atoms in total. The van der Waals surface area contributed by atoms with Crippen LogP contribution in [0.5, 0.6) is 0 Å². The minimum atomic E-state index is 0.00174. The predicted octanol–water partition coefficient (Wildman–Crippen LogP) is 4.31. The Morgan fingerprint density at radius 1 is 1.39 bits per heavy atom. The summed E-state index contributed by atoms with van der Waals surface area (Å²) in [5, 5.41) is 8.31. The van der Waals surface area contributed by atoms with Gasteiger partial charge in [-0.05, 0) is 39.0 Å². The first-order valence-corrected chi connectivity index (χ1v) is 7.05. The average molecular weight is 280 g/mol. The van der Waals surface area contributed by atoms with Gasteiger partial charge in [-0.1, -0.05) is 22.9 Å². The molecule has 0 bridgehead atoms. The van der Waals surface area contributed by atoms with Gasteiger partial charge in [-0.3, -0.25) is 0 Å². The zero-order chi connectivity index (χ0) is 12.9. The van der Waals surface area contributed by atoms with Crippen LogP contribution in [0.4, 0.5) is 5.13 Å². The van der Waals surface area contributed by atoms with Gasteiger partial charge >= 0.3 is 0 Å². The summed E-state index contributed by atoms with van der Waals surface area (Å²) in [6.45, 7) is 6.43. The summed E-state index contributed by atoms with van der Waals surface area (Å²) in [5.74, 6) is 0. The number of hydrazone groups is 1. The molecule has 1 aromatic carbocycles. The summed E-state index contributed by atoms with van der Waals surface area (Å²) in [4.78, 5) is 4.64. The molecule has 0 saturated carbocycles. The number of thiazole rings is 1. The smallest absolute Gasteiger partial charge is 0.207 e. The van der Waals surface area contributed by atoms with E-state index in [0.717, 1.165) is 32.5 Å². The molecule has 1 aliphatic rings. The van der Waals surface area contributed by atoms with E-state index in [0.29, 0.717) is 0 Å². The Morgan fingerprint density at radius 2 is 2.17 bits per heavy atom. The lowest BCUT2D eigenvalue weighted by Crippen LogP contribution is -2.36. The van der Waals surface area contributed by atoms with Gasteiger partial charge in [0.25, 0.3) is 0 Å². The van der Waals surface area contributed by atoms with Crippen LogP contribution in [0.25, 0.3) is 10.2 Å². The van der Waals surface area contributed by atoms with E-state index in [1.807, 2.05) is 23.2 Å². The predicted molar refractivity (Wildman–Crippen MR) is 78.9 cm³/mol. The Kier molecular flexibility index (Phi) is 2.61. The molecule has 2 heterocycles. The van der Waals surface area contributed by atoms with E-state index in [4.69, 9.17) is 11.6 Å². The molecule has 0 radical (unpaired) electrons. The molecule has 0 atom stereocenters. The van der Waals surface area contributed by atoms with E-state index in [2.05, 4.69) is 30.9 Å². The van der Waals surface area contributed by atoms with Crippen LogP contribution >= 0.6 is 22.9 Å². The topological polar surface area (TPSA) is 28.5 Å². The normalized spacial score (nSPS) is 18.4. The highest BCUT2D eigenvalue weighted by Gasteiger charge is 2.35. The Labute approximate surface area is 115 Å². The third-order valence-corrected chi connectivity index (χ3v) is 4.28. The van der Waals surface area contributed by atoms with Crippen molar-refractivity contribution in [2.75, 3.05) is 5.01 Å². The van der Waals surface area contributed by atoms with Gasteiger partial charge in [0.1, 0.15) is 0 Å². The fourth-order valence-electron chi connectivity index (χ4n) is 2.32. The first-order chi connectivity index (χ1) is 8.45. The summed E-state index contributed by atoms with van der Waals surface area (Å²) in [6, 6.07) is 5.78. The molecule has 94 valence electrons. The number of aromatic nitrogens is 1. The quantitative estimate of drug-likeness (QED) is 0.778. The van der Waals surface area contributed by atoms with Crippen molar-refractivity contribution >= 4 is 44.0 Å². The van der Waals surface area contributed by atoms with Crippen LogP contribution in [0.2, 0.25) is 5.02 Å². The third kappa shape index (κ3) is 1.89. The van der Waals surface area contributed by atoms with E-state index in [-0.39, 0.29) is 5.54 Å². The number of anilines is 1. The number of nitrogens with zero attached hydrogens (tertiary/aromatic N) is 3. The van der Waals surface area contributed by atoms with Gasteiger partial charge in [0.15, 0.2) is 0 Å². The Balaban J connectivity index is 2.09. The molecule has 18 heavy (non-hydrogen) atoms. The minimum absolute atomic E-state index is 0.00174. The van der Waals surface area contributed by atoms with Gasteiger partial charge in [-0.2, -0.15) is 5.10 Å². The molecular weight excluding hydrogens is 266 g/mol. The van der Waals surface area contributed by atoms with Crippen LogP contribution in [0.15, 0.2) is 23.3 Å². The Bertz CT molecular complexity index is 645. The second-order valence-electron chi connectivity index (χ2n) is 5.24. The maximum atomic E-state index is 6.00. The molecule has 2 aromatic rings. The fraction of sp³-hybridized carbons (Fsp3) is 0.385. The van der Waals surface area contributed by atoms with Gasteiger partial charge in [0.05, 0.1) is 15.8 Å². The van der Waals surface area contributed by atoms with Crippen LogP contribution < -0.4 is 5.01 Å². The molecular formula is C13H14ClN3S. The van der Waals surface area contributed by atoms with Crippen molar-refractivity contribution in [2.24, 2.45) is 5.10 Å².